The first-order valence-electron chi connectivity index (χ1n) is 6.21. The van der Waals surface area contributed by atoms with Crippen LogP contribution in [-0.4, -0.2) is 16.3 Å². The molecule has 0 bridgehead atoms. The summed E-state index contributed by atoms with van der Waals surface area (Å²) in [4.78, 5) is 0. The minimum atomic E-state index is -0.444. The van der Waals surface area contributed by atoms with Crippen LogP contribution in [0.5, 0.6) is 0 Å². The lowest BCUT2D eigenvalue weighted by molar-refractivity contribution is 0.543. The third kappa shape index (κ3) is 2.81. The zero-order valence-electron chi connectivity index (χ0n) is 11.2. The van der Waals surface area contributed by atoms with Crippen molar-refractivity contribution >= 4 is 0 Å². The normalized spacial score (nSPS) is 12.7. The lowest BCUT2D eigenvalue weighted by atomic mass is 9.98. The number of aryl methyl sites for hydroxylation is 2. The molecule has 0 radical (unpaired) electrons. The summed E-state index contributed by atoms with van der Waals surface area (Å²) in [6, 6.07) is 3.11. The van der Waals surface area contributed by atoms with Gasteiger partial charge in [0.2, 0.25) is 0 Å². The van der Waals surface area contributed by atoms with E-state index in [0.29, 0.717) is 12.1 Å². The van der Waals surface area contributed by atoms with E-state index in [1.165, 1.54) is 6.07 Å². The molecule has 1 N–H and O–H groups in total. The maximum absolute atomic E-state index is 13.9. The maximum Gasteiger partial charge on any atom is 0.128 e. The molecule has 19 heavy (non-hydrogen) atoms. The Morgan fingerprint density at radius 3 is 2.63 bits per heavy atom. The first kappa shape index (κ1) is 13.7. The summed E-state index contributed by atoms with van der Waals surface area (Å²) >= 11 is 0. The van der Waals surface area contributed by atoms with Crippen LogP contribution in [0.15, 0.2) is 24.4 Å². The van der Waals surface area contributed by atoms with Gasteiger partial charge in [0.25, 0.3) is 0 Å². The van der Waals surface area contributed by atoms with Crippen LogP contribution in [0, 0.1) is 18.6 Å². The summed E-state index contributed by atoms with van der Waals surface area (Å²) in [6.07, 6.45) is 1.83. The lowest BCUT2D eigenvalue weighted by Gasteiger charge is -2.18. The van der Waals surface area contributed by atoms with Gasteiger partial charge in [0.05, 0.1) is 11.7 Å². The molecule has 0 saturated carbocycles. The smallest absolute Gasteiger partial charge is 0.128 e. The van der Waals surface area contributed by atoms with Crippen molar-refractivity contribution in [3.8, 4) is 0 Å². The van der Waals surface area contributed by atoms with Crippen molar-refractivity contribution in [1.82, 2.24) is 15.1 Å². The Morgan fingerprint density at radius 1 is 1.32 bits per heavy atom. The molecule has 0 aliphatic carbocycles. The van der Waals surface area contributed by atoms with E-state index in [2.05, 4.69) is 10.4 Å². The summed E-state index contributed by atoms with van der Waals surface area (Å²) in [7, 11) is 1.81. The summed E-state index contributed by atoms with van der Waals surface area (Å²) in [5.41, 5.74) is 1.96. The molecule has 1 unspecified atom stereocenters. The minimum Gasteiger partial charge on any atom is -0.306 e. The highest BCUT2D eigenvalue weighted by atomic mass is 19.1. The van der Waals surface area contributed by atoms with Crippen LogP contribution in [0.25, 0.3) is 0 Å². The van der Waals surface area contributed by atoms with Gasteiger partial charge in [-0.25, -0.2) is 8.78 Å². The summed E-state index contributed by atoms with van der Waals surface area (Å²) in [6.45, 7) is 4.43. The molecule has 1 heterocycles. The third-order valence-corrected chi connectivity index (χ3v) is 3.04. The first-order chi connectivity index (χ1) is 9.02. The van der Waals surface area contributed by atoms with Gasteiger partial charge < -0.3 is 5.32 Å². The van der Waals surface area contributed by atoms with Gasteiger partial charge in [0.1, 0.15) is 11.6 Å². The average molecular weight is 265 g/mol. The number of aromatic nitrogens is 2. The largest absolute Gasteiger partial charge is 0.306 e. The molecule has 0 fully saturated rings. The summed E-state index contributed by atoms with van der Waals surface area (Å²) < 4.78 is 29.0. The second-order valence-electron chi connectivity index (χ2n) is 4.50. The van der Waals surface area contributed by atoms with Gasteiger partial charge in [0, 0.05) is 24.4 Å². The number of hydrogen-bond donors (Lipinski definition) is 1. The fourth-order valence-corrected chi connectivity index (χ4v) is 2.23. The van der Waals surface area contributed by atoms with Gasteiger partial charge in [-0.2, -0.15) is 5.10 Å². The Hall–Kier alpha value is -1.75. The van der Waals surface area contributed by atoms with E-state index in [0.717, 1.165) is 23.4 Å². The van der Waals surface area contributed by atoms with Crippen LogP contribution in [0.2, 0.25) is 0 Å². The average Bonchev–Trinajstić information content (AvgIpc) is 2.69. The molecular formula is C14H17F2N3. The Labute approximate surface area is 111 Å². The summed E-state index contributed by atoms with van der Waals surface area (Å²) in [5.74, 6) is -0.864. The van der Waals surface area contributed by atoms with Gasteiger partial charge in [-0.05, 0) is 31.7 Å². The van der Waals surface area contributed by atoms with Crippen LogP contribution >= 0.6 is 0 Å². The number of nitrogens with one attached hydrogen (secondary N) is 1. The second-order valence-corrected chi connectivity index (χ2v) is 4.50. The van der Waals surface area contributed by atoms with Crippen molar-refractivity contribution < 1.29 is 8.78 Å². The topological polar surface area (TPSA) is 29.9 Å². The SMILES string of the molecule is CCNC(c1cc(F)ccc1F)c1cn(C)nc1C. The molecule has 5 heteroatoms. The molecule has 0 saturated heterocycles. The number of hydrogen-bond acceptors (Lipinski definition) is 2. The monoisotopic (exact) mass is 265 g/mol. The molecule has 1 atom stereocenters. The molecule has 0 amide bonds. The van der Waals surface area contributed by atoms with E-state index in [4.69, 9.17) is 0 Å². The van der Waals surface area contributed by atoms with E-state index in [9.17, 15) is 8.78 Å². The van der Waals surface area contributed by atoms with Gasteiger partial charge in [0.15, 0.2) is 0 Å². The first-order valence-corrected chi connectivity index (χ1v) is 6.21. The zero-order chi connectivity index (χ0) is 14.0. The van der Waals surface area contributed by atoms with Gasteiger partial charge in [-0.3, -0.25) is 4.68 Å². The van der Waals surface area contributed by atoms with E-state index in [1.807, 2.05) is 20.0 Å². The van der Waals surface area contributed by atoms with E-state index in [1.54, 1.807) is 11.7 Å². The highest BCUT2D eigenvalue weighted by Gasteiger charge is 2.21. The highest BCUT2D eigenvalue weighted by Crippen LogP contribution is 2.26. The molecule has 1 aromatic carbocycles. The van der Waals surface area contributed by atoms with E-state index in [-0.39, 0.29) is 0 Å². The molecule has 2 rings (SSSR count). The Balaban J connectivity index is 2.51. The molecule has 0 aliphatic rings. The number of benzene rings is 1. The second kappa shape index (κ2) is 5.48. The highest BCUT2D eigenvalue weighted by molar-refractivity contribution is 5.34. The molecule has 102 valence electrons. The fraction of sp³-hybridized carbons (Fsp3) is 0.357. The van der Waals surface area contributed by atoms with E-state index < -0.39 is 17.7 Å². The van der Waals surface area contributed by atoms with Crippen molar-refractivity contribution in [2.24, 2.45) is 7.05 Å². The van der Waals surface area contributed by atoms with E-state index >= 15 is 0 Å². The molecule has 0 spiro atoms. The van der Waals surface area contributed by atoms with Crippen LogP contribution in [0.1, 0.15) is 29.8 Å². The number of rotatable bonds is 4. The zero-order valence-corrected chi connectivity index (χ0v) is 11.2. The number of halogens is 2. The predicted octanol–water partition coefficient (Wildman–Crippen LogP) is 2.71. The minimum absolute atomic E-state index is 0.304. The lowest BCUT2D eigenvalue weighted by Crippen LogP contribution is -2.23. The van der Waals surface area contributed by atoms with Crippen LogP contribution in [0.3, 0.4) is 0 Å². The summed E-state index contributed by atoms with van der Waals surface area (Å²) in [5, 5.41) is 7.43. The quantitative estimate of drug-likeness (QED) is 0.921. The Bertz CT molecular complexity index is 578. The number of nitrogens with zero attached hydrogens (tertiary/aromatic N) is 2. The molecule has 0 aliphatic heterocycles. The predicted molar refractivity (Wildman–Crippen MR) is 69.8 cm³/mol. The van der Waals surface area contributed by atoms with Crippen LogP contribution in [0.4, 0.5) is 8.78 Å². The molecule has 2 aromatic rings. The molecule has 3 nitrogen and oxygen atoms in total. The van der Waals surface area contributed by atoms with Gasteiger partial charge >= 0.3 is 0 Å². The maximum atomic E-state index is 13.9. The molecular weight excluding hydrogens is 248 g/mol. The van der Waals surface area contributed by atoms with Gasteiger partial charge in [-0.1, -0.05) is 6.92 Å². The fourth-order valence-electron chi connectivity index (χ4n) is 2.23. The van der Waals surface area contributed by atoms with Crippen molar-refractivity contribution in [3.63, 3.8) is 0 Å². The van der Waals surface area contributed by atoms with Crippen molar-refractivity contribution in [1.29, 1.82) is 0 Å². The Kier molecular flexibility index (Phi) is 3.95. The van der Waals surface area contributed by atoms with Crippen LogP contribution < -0.4 is 5.32 Å². The van der Waals surface area contributed by atoms with Crippen molar-refractivity contribution in [3.05, 3.63) is 52.9 Å². The standard InChI is InChI=1S/C14H17F2N3/c1-4-17-14(12-8-19(3)18-9(12)2)11-7-10(15)5-6-13(11)16/h5-8,14,17H,4H2,1-3H3. The van der Waals surface area contributed by atoms with Crippen molar-refractivity contribution in [2.75, 3.05) is 6.54 Å². The van der Waals surface area contributed by atoms with Crippen molar-refractivity contribution in [2.45, 2.75) is 19.9 Å². The van der Waals surface area contributed by atoms with Gasteiger partial charge in [-0.15, -0.1) is 0 Å². The van der Waals surface area contributed by atoms with Crippen LogP contribution in [-0.2, 0) is 7.05 Å². The Morgan fingerprint density at radius 2 is 2.05 bits per heavy atom. The third-order valence-electron chi connectivity index (χ3n) is 3.04. The molecule has 1 aromatic heterocycles.